The molecule has 0 aliphatic heterocycles. The number of rotatable bonds is 8. The van der Waals surface area contributed by atoms with Gasteiger partial charge in [-0.2, -0.15) is 0 Å². The molecule has 134 valence electrons. The van der Waals surface area contributed by atoms with E-state index in [0.717, 1.165) is 16.9 Å². The van der Waals surface area contributed by atoms with Crippen molar-refractivity contribution < 1.29 is 19.7 Å². The highest BCUT2D eigenvalue weighted by molar-refractivity contribution is 5.73. The van der Waals surface area contributed by atoms with Gasteiger partial charge >= 0.3 is 5.97 Å². The summed E-state index contributed by atoms with van der Waals surface area (Å²) in [5.74, 6) is -0.242. The Balaban J connectivity index is 2.08. The van der Waals surface area contributed by atoms with E-state index in [1.54, 1.807) is 19.2 Å². The van der Waals surface area contributed by atoms with Gasteiger partial charge in [0.25, 0.3) is 0 Å². The van der Waals surface area contributed by atoms with Crippen LogP contribution < -0.4 is 10.1 Å². The number of nitrogens with one attached hydrogen (secondary N) is 1. The zero-order chi connectivity index (χ0) is 18.4. The van der Waals surface area contributed by atoms with Gasteiger partial charge in [0.1, 0.15) is 11.8 Å². The van der Waals surface area contributed by atoms with Crippen molar-refractivity contribution in [3.8, 4) is 5.75 Å². The maximum absolute atomic E-state index is 11.6. The normalized spacial score (nSPS) is 14.6. The van der Waals surface area contributed by atoms with Crippen LogP contribution in [-0.2, 0) is 4.79 Å². The lowest BCUT2D eigenvalue weighted by Crippen LogP contribution is -2.39. The molecule has 3 atom stereocenters. The Hall–Kier alpha value is -2.37. The van der Waals surface area contributed by atoms with Crippen molar-refractivity contribution in [3.63, 3.8) is 0 Å². The summed E-state index contributed by atoms with van der Waals surface area (Å²) in [7, 11) is 1.59. The van der Waals surface area contributed by atoms with E-state index in [2.05, 4.69) is 5.32 Å². The first-order valence-corrected chi connectivity index (χ1v) is 8.28. The second kappa shape index (κ2) is 8.65. The predicted molar refractivity (Wildman–Crippen MR) is 96.7 cm³/mol. The average Bonchev–Trinajstić information content (AvgIpc) is 2.61. The number of aryl methyl sites for hydroxylation is 1. The minimum absolute atomic E-state index is 0.0816. The molecule has 0 radical (unpaired) electrons. The van der Waals surface area contributed by atoms with Crippen LogP contribution in [0.4, 0.5) is 0 Å². The van der Waals surface area contributed by atoms with E-state index in [1.165, 1.54) is 0 Å². The third-order valence-electron chi connectivity index (χ3n) is 4.31. The van der Waals surface area contributed by atoms with Crippen LogP contribution in [0.25, 0.3) is 0 Å². The Morgan fingerprint density at radius 2 is 1.84 bits per heavy atom. The monoisotopic (exact) mass is 343 g/mol. The fraction of sp³-hybridized carbons (Fsp3) is 0.350. The third kappa shape index (κ3) is 5.05. The molecule has 0 unspecified atom stereocenters. The van der Waals surface area contributed by atoms with Crippen LogP contribution >= 0.6 is 0 Å². The first-order valence-electron chi connectivity index (χ1n) is 8.28. The molecule has 0 heterocycles. The van der Waals surface area contributed by atoms with E-state index in [1.807, 2.05) is 50.2 Å². The van der Waals surface area contributed by atoms with Gasteiger partial charge in [0, 0.05) is 12.5 Å². The number of methoxy groups -OCH3 is 1. The van der Waals surface area contributed by atoms with Crippen molar-refractivity contribution in [1.82, 2.24) is 5.32 Å². The van der Waals surface area contributed by atoms with Gasteiger partial charge in [0.2, 0.25) is 0 Å². The van der Waals surface area contributed by atoms with E-state index >= 15 is 0 Å². The summed E-state index contributed by atoms with van der Waals surface area (Å²) >= 11 is 0. The predicted octanol–water partition coefficient (Wildman–Crippen LogP) is 3.23. The molecule has 0 aromatic heterocycles. The first kappa shape index (κ1) is 19.0. The molecule has 0 bridgehead atoms. The van der Waals surface area contributed by atoms with Crippen molar-refractivity contribution >= 4 is 5.97 Å². The van der Waals surface area contributed by atoms with Crippen molar-refractivity contribution in [1.29, 1.82) is 0 Å². The lowest BCUT2D eigenvalue weighted by atomic mass is 9.98. The molecule has 5 heteroatoms. The summed E-state index contributed by atoms with van der Waals surface area (Å²) < 4.78 is 5.21. The van der Waals surface area contributed by atoms with Crippen LogP contribution in [0.15, 0.2) is 48.5 Å². The van der Waals surface area contributed by atoms with Gasteiger partial charge in [0.05, 0.1) is 13.2 Å². The van der Waals surface area contributed by atoms with E-state index < -0.39 is 18.1 Å². The number of carboxylic acids is 1. The number of aliphatic hydroxyl groups excluding tert-OH is 1. The second-order valence-corrected chi connectivity index (χ2v) is 6.17. The maximum atomic E-state index is 11.6. The molecule has 2 aromatic carbocycles. The minimum atomic E-state index is -0.980. The molecular formula is C20H25NO4. The summed E-state index contributed by atoms with van der Waals surface area (Å²) in [4.78, 5) is 11.6. The number of carbonyl (C=O) groups is 1. The molecule has 2 aromatic rings. The number of ether oxygens (including phenoxy) is 1. The van der Waals surface area contributed by atoms with Crippen LogP contribution in [0, 0.1) is 6.92 Å². The SMILES string of the molecule is COc1ccc([C@H](O)C[C@H](N[C@H](C)c2ccccc2)C(=O)O)cc1C. The van der Waals surface area contributed by atoms with E-state index in [-0.39, 0.29) is 12.5 Å². The molecular weight excluding hydrogens is 318 g/mol. The minimum Gasteiger partial charge on any atom is -0.496 e. The number of aliphatic carboxylic acids is 1. The van der Waals surface area contributed by atoms with Gasteiger partial charge in [-0.3, -0.25) is 10.1 Å². The highest BCUT2D eigenvalue weighted by Gasteiger charge is 2.24. The van der Waals surface area contributed by atoms with E-state index in [0.29, 0.717) is 5.56 Å². The highest BCUT2D eigenvalue weighted by Crippen LogP contribution is 2.25. The Morgan fingerprint density at radius 1 is 1.16 bits per heavy atom. The van der Waals surface area contributed by atoms with E-state index in [4.69, 9.17) is 4.74 Å². The molecule has 0 saturated carbocycles. The maximum Gasteiger partial charge on any atom is 0.320 e. The van der Waals surface area contributed by atoms with Gasteiger partial charge in [-0.15, -0.1) is 0 Å². The number of aliphatic hydroxyl groups is 1. The molecule has 0 aliphatic rings. The van der Waals surface area contributed by atoms with Gasteiger partial charge in [-0.1, -0.05) is 36.4 Å². The number of hydrogen-bond donors (Lipinski definition) is 3. The first-order chi connectivity index (χ1) is 11.9. The van der Waals surface area contributed by atoms with Gasteiger partial charge < -0.3 is 14.9 Å². The van der Waals surface area contributed by atoms with Gasteiger partial charge in [0.15, 0.2) is 0 Å². The summed E-state index contributed by atoms with van der Waals surface area (Å²) in [6.07, 6.45) is -0.792. The number of hydrogen-bond acceptors (Lipinski definition) is 4. The van der Waals surface area contributed by atoms with Crippen molar-refractivity contribution in [2.75, 3.05) is 7.11 Å². The summed E-state index contributed by atoms with van der Waals surface area (Å²) in [6.45, 7) is 3.80. The Bertz CT molecular complexity index is 702. The molecule has 25 heavy (non-hydrogen) atoms. The zero-order valence-electron chi connectivity index (χ0n) is 14.8. The molecule has 0 spiro atoms. The van der Waals surface area contributed by atoms with Gasteiger partial charge in [-0.25, -0.2) is 0 Å². The van der Waals surface area contributed by atoms with E-state index in [9.17, 15) is 15.0 Å². The van der Waals surface area contributed by atoms with Crippen LogP contribution in [0.3, 0.4) is 0 Å². The lowest BCUT2D eigenvalue weighted by Gasteiger charge is -2.23. The van der Waals surface area contributed by atoms with Crippen LogP contribution in [-0.4, -0.2) is 29.3 Å². The largest absolute Gasteiger partial charge is 0.496 e. The lowest BCUT2D eigenvalue weighted by molar-refractivity contribution is -0.140. The average molecular weight is 343 g/mol. The fourth-order valence-electron chi connectivity index (χ4n) is 2.85. The second-order valence-electron chi connectivity index (χ2n) is 6.17. The molecule has 0 saturated heterocycles. The Labute approximate surface area is 148 Å². The standard InChI is InChI=1S/C20H25NO4/c1-13-11-16(9-10-19(13)25-3)18(22)12-17(20(23)24)21-14(2)15-7-5-4-6-8-15/h4-11,14,17-18,21-22H,12H2,1-3H3,(H,23,24)/t14-,17+,18-/m1/s1. The van der Waals surface area contributed by atoms with Crippen LogP contribution in [0.2, 0.25) is 0 Å². The van der Waals surface area contributed by atoms with Crippen molar-refractivity contribution in [2.24, 2.45) is 0 Å². The van der Waals surface area contributed by atoms with Crippen molar-refractivity contribution in [2.45, 2.75) is 38.5 Å². The molecule has 2 rings (SSSR count). The molecule has 0 amide bonds. The number of carboxylic acid groups (broad SMARTS) is 1. The third-order valence-corrected chi connectivity index (χ3v) is 4.31. The molecule has 3 N–H and O–H groups in total. The number of benzene rings is 2. The quantitative estimate of drug-likeness (QED) is 0.686. The smallest absolute Gasteiger partial charge is 0.320 e. The fourth-order valence-corrected chi connectivity index (χ4v) is 2.85. The molecule has 5 nitrogen and oxygen atoms in total. The molecule has 0 fully saturated rings. The summed E-state index contributed by atoms with van der Waals surface area (Å²) in [5, 5.41) is 23.1. The van der Waals surface area contributed by atoms with Crippen molar-refractivity contribution in [3.05, 3.63) is 65.2 Å². The summed E-state index contributed by atoms with van der Waals surface area (Å²) in [6, 6.07) is 14.0. The topological polar surface area (TPSA) is 78.8 Å². The zero-order valence-corrected chi connectivity index (χ0v) is 14.8. The van der Waals surface area contributed by atoms with Crippen LogP contribution in [0.1, 0.15) is 42.2 Å². The Morgan fingerprint density at radius 3 is 2.40 bits per heavy atom. The van der Waals surface area contributed by atoms with Gasteiger partial charge in [-0.05, 0) is 42.7 Å². The summed E-state index contributed by atoms with van der Waals surface area (Å²) in [5.41, 5.74) is 2.58. The Kier molecular flexibility index (Phi) is 6.56. The van der Waals surface area contributed by atoms with Crippen LogP contribution in [0.5, 0.6) is 5.75 Å². The molecule has 0 aliphatic carbocycles. The highest BCUT2D eigenvalue weighted by atomic mass is 16.5.